The molecule has 0 radical (unpaired) electrons. The third-order valence-electron chi connectivity index (χ3n) is 1.72. The van der Waals surface area contributed by atoms with Crippen LogP contribution in [0.5, 0.6) is 0 Å². The molecule has 1 unspecified atom stereocenters. The maximum atomic E-state index is 9.10. The molecule has 1 rings (SSSR count). The lowest BCUT2D eigenvalue weighted by atomic mass is 10.2. The molecule has 1 saturated heterocycles. The van der Waals surface area contributed by atoms with Crippen LogP contribution in [-0.2, 0) is 14.3 Å². The molecule has 1 aliphatic rings. The van der Waals surface area contributed by atoms with Gasteiger partial charge >= 0.3 is 11.9 Å². The van der Waals surface area contributed by atoms with Gasteiger partial charge in [-0.2, -0.15) is 0 Å². The number of ether oxygens (including phenoxy) is 1. The van der Waals surface area contributed by atoms with Crippen LogP contribution in [-0.4, -0.2) is 46.9 Å². The first-order valence-electron chi connectivity index (χ1n) is 5.07. The van der Waals surface area contributed by atoms with Crippen LogP contribution in [0.25, 0.3) is 0 Å². The van der Waals surface area contributed by atoms with Gasteiger partial charge in [0, 0.05) is 6.54 Å². The smallest absolute Gasteiger partial charge is 0.414 e. The maximum Gasteiger partial charge on any atom is 0.414 e. The molecule has 1 atom stereocenters. The van der Waals surface area contributed by atoms with E-state index in [0.717, 1.165) is 19.5 Å². The summed E-state index contributed by atoms with van der Waals surface area (Å²) < 4.78 is 5.74. The van der Waals surface area contributed by atoms with E-state index in [1.165, 1.54) is 0 Å². The van der Waals surface area contributed by atoms with Gasteiger partial charge in [0.05, 0.1) is 11.7 Å². The van der Waals surface area contributed by atoms with E-state index in [1.807, 2.05) is 0 Å². The summed E-state index contributed by atoms with van der Waals surface area (Å²) in [5.41, 5.74) is 0.0245. The summed E-state index contributed by atoms with van der Waals surface area (Å²) in [7, 11) is 0. The lowest BCUT2D eigenvalue weighted by Gasteiger charge is -2.23. The zero-order valence-electron chi connectivity index (χ0n) is 9.82. The molecule has 6 heteroatoms. The molecule has 94 valence electrons. The van der Waals surface area contributed by atoms with Crippen LogP contribution in [0.1, 0.15) is 27.2 Å². The molecule has 0 saturated carbocycles. The average molecular weight is 233 g/mol. The Morgan fingerprint density at radius 3 is 2.00 bits per heavy atom. The summed E-state index contributed by atoms with van der Waals surface area (Å²) in [6.45, 7) is 8.44. The first-order valence-corrected chi connectivity index (χ1v) is 5.07. The number of carboxylic acid groups (broad SMARTS) is 2. The van der Waals surface area contributed by atoms with Crippen molar-refractivity contribution < 1.29 is 24.5 Å². The molecule has 1 aliphatic heterocycles. The van der Waals surface area contributed by atoms with Gasteiger partial charge in [0.1, 0.15) is 0 Å². The van der Waals surface area contributed by atoms with Gasteiger partial charge in [-0.25, -0.2) is 9.59 Å². The second-order valence-corrected chi connectivity index (χ2v) is 4.46. The number of nitrogens with one attached hydrogen (secondary N) is 1. The van der Waals surface area contributed by atoms with Gasteiger partial charge in [0.2, 0.25) is 0 Å². The molecule has 0 aromatic rings. The van der Waals surface area contributed by atoms with Crippen LogP contribution in [0.15, 0.2) is 0 Å². The van der Waals surface area contributed by atoms with E-state index < -0.39 is 11.9 Å². The van der Waals surface area contributed by atoms with Crippen molar-refractivity contribution in [3.8, 4) is 0 Å². The van der Waals surface area contributed by atoms with Crippen LogP contribution in [0.4, 0.5) is 0 Å². The van der Waals surface area contributed by atoms with Crippen molar-refractivity contribution in [2.45, 2.75) is 38.9 Å². The lowest BCUT2D eigenvalue weighted by molar-refractivity contribution is -0.159. The quantitative estimate of drug-likeness (QED) is 0.564. The Bertz CT molecular complexity index is 228. The summed E-state index contributed by atoms with van der Waals surface area (Å²) in [4.78, 5) is 18.2. The molecular weight excluding hydrogens is 214 g/mol. The van der Waals surface area contributed by atoms with Gasteiger partial charge in [-0.1, -0.05) is 0 Å². The van der Waals surface area contributed by atoms with Crippen molar-refractivity contribution in [3.05, 3.63) is 0 Å². The van der Waals surface area contributed by atoms with Gasteiger partial charge < -0.3 is 20.3 Å². The van der Waals surface area contributed by atoms with Crippen LogP contribution in [0.2, 0.25) is 0 Å². The number of hydrogen-bond acceptors (Lipinski definition) is 4. The van der Waals surface area contributed by atoms with Gasteiger partial charge in [-0.05, 0) is 33.7 Å². The number of aliphatic carboxylic acids is 2. The van der Waals surface area contributed by atoms with Crippen LogP contribution >= 0.6 is 0 Å². The predicted octanol–water partition coefficient (Wildman–Crippen LogP) is 0.319. The Kier molecular flexibility index (Phi) is 5.98. The fraction of sp³-hybridized carbons (Fsp3) is 0.800. The first-order chi connectivity index (χ1) is 7.22. The van der Waals surface area contributed by atoms with E-state index >= 15 is 0 Å². The minimum Gasteiger partial charge on any atom is -0.473 e. The molecule has 6 nitrogen and oxygen atoms in total. The standard InChI is InChI=1S/C8H17NO.C2H2O4/c1-8(2,3)10-7-4-5-9-6-7;3-1(4)2(5)6/h7,9H,4-6H2,1-3H3;(H,3,4)(H,5,6). The predicted molar refractivity (Wildman–Crippen MR) is 57.4 cm³/mol. The number of carboxylic acids is 2. The molecule has 0 aromatic carbocycles. The van der Waals surface area contributed by atoms with Crippen LogP contribution < -0.4 is 5.32 Å². The fourth-order valence-corrected chi connectivity index (χ4v) is 1.23. The lowest BCUT2D eigenvalue weighted by Crippen LogP contribution is -2.28. The Morgan fingerprint density at radius 2 is 1.75 bits per heavy atom. The highest BCUT2D eigenvalue weighted by Crippen LogP contribution is 2.14. The normalized spacial score (nSPS) is 19.8. The van der Waals surface area contributed by atoms with E-state index in [2.05, 4.69) is 26.1 Å². The zero-order chi connectivity index (χ0) is 12.8. The summed E-state index contributed by atoms with van der Waals surface area (Å²) in [5.74, 6) is -3.65. The SMILES string of the molecule is CC(C)(C)OC1CCNC1.O=C(O)C(=O)O. The van der Waals surface area contributed by atoms with E-state index in [9.17, 15) is 0 Å². The Labute approximate surface area is 94.6 Å². The highest BCUT2D eigenvalue weighted by molar-refractivity contribution is 6.27. The zero-order valence-corrected chi connectivity index (χ0v) is 9.82. The second kappa shape index (κ2) is 6.44. The highest BCUT2D eigenvalue weighted by atomic mass is 16.5. The summed E-state index contributed by atoms with van der Waals surface area (Å²) >= 11 is 0. The Morgan fingerprint density at radius 1 is 1.25 bits per heavy atom. The van der Waals surface area contributed by atoms with Crippen molar-refractivity contribution in [1.29, 1.82) is 0 Å². The summed E-state index contributed by atoms with van der Waals surface area (Å²) in [5, 5.41) is 18.1. The van der Waals surface area contributed by atoms with Crippen molar-refractivity contribution in [3.63, 3.8) is 0 Å². The minimum absolute atomic E-state index is 0.0245. The molecule has 0 spiro atoms. The number of hydrogen-bond donors (Lipinski definition) is 3. The second-order valence-electron chi connectivity index (χ2n) is 4.46. The first kappa shape index (κ1) is 14.9. The highest BCUT2D eigenvalue weighted by Gasteiger charge is 2.21. The summed E-state index contributed by atoms with van der Waals surface area (Å²) in [6.07, 6.45) is 1.61. The third kappa shape index (κ3) is 8.19. The maximum absolute atomic E-state index is 9.10. The molecule has 1 fully saturated rings. The van der Waals surface area contributed by atoms with Crippen molar-refractivity contribution >= 4 is 11.9 Å². The monoisotopic (exact) mass is 233 g/mol. The topological polar surface area (TPSA) is 95.9 Å². The fourth-order valence-electron chi connectivity index (χ4n) is 1.23. The van der Waals surface area contributed by atoms with E-state index in [-0.39, 0.29) is 5.60 Å². The van der Waals surface area contributed by atoms with Gasteiger partial charge in [-0.15, -0.1) is 0 Å². The summed E-state index contributed by atoms with van der Waals surface area (Å²) in [6, 6.07) is 0. The molecule has 3 N–H and O–H groups in total. The molecule has 1 heterocycles. The van der Waals surface area contributed by atoms with E-state index in [4.69, 9.17) is 24.5 Å². The molecule has 16 heavy (non-hydrogen) atoms. The number of rotatable bonds is 1. The Hall–Kier alpha value is -1.14. The van der Waals surface area contributed by atoms with Crippen LogP contribution in [0.3, 0.4) is 0 Å². The van der Waals surface area contributed by atoms with Crippen molar-refractivity contribution in [2.75, 3.05) is 13.1 Å². The molecular formula is C10H19NO5. The van der Waals surface area contributed by atoms with Gasteiger partial charge in [0.25, 0.3) is 0 Å². The molecule has 0 aliphatic carbocycles. The van der Waals surface area contributed by atoms with Crippen LogP contribution in [0, 0.1) is 0 Å². The largest absolute Gasteiger partial charge is 0.473 e. The van der Waals surface area contributed by atoms with E-state index in [0.29, 0.717) is 6.10 Å². The van der Waals surface area contributed by atoms with E-state index in [1.54, 1.807) is 0 Å². The minimum atomic E-state index is -1.82. The third-order valence-corrected chi connectivity index (χ3v) is 1.72. The van der Waals surface area contributed by atoms with Gasteiger partial charge in [-0.3, -0.25) is 0 Å². The molecule has 0 bridgehead atoms. The molecule has 0 aromatic heterocycles. The van der Waals surface area contributed by atoms with Gasteiger partial charge in [0.15, 0.2) is 0 Å². The Balaban J connectivity index is 0.000000325. The average Bonchev–Trinajstić information content (AvgIpc) is 2.54. The van der Waals surface area contributed by atoms with Crippen molar-refractivity contribution in [1.82, 2.24) is 5.32 Å². The number of carbonyl (C=O) groups is 2. The molecule has 0 amide bonds. The van der Waals surface area contributed by atoms with Crippen molar-refractivity contribution in [2.24, 2.45) is 0 Å².